The minimum Gasteiger partial charge on any atom is -0.346 e. The Morgan fingerprint density at radius 2 is 1.89 bits per heavy atom. The van der Waals surface area contributed by atoms with E-state index in [0.717, 1.165) is 36.9 Å². The summed E-state index contributed by atoms with van der Waals surface area (Å²) in [5, 5.41) is 13.7. The minimum absolute atomic E-state index is 0.0166. The zero-order chi connectivity index (χ0) is 26.0. The Balaban J connectivity index is 1.17. The molecule has 10 heteroatoms. The van der Waals surface area contributed by atoms with Crippen molar-refractivity contribution in [1.29, 1.82) is 0 Å². The fourth-order valence-corrected chi connectivity index (χ4v) is 4.58. The number of pyridine rings is 2. The summed E-state index contributed by atoms with van der Waals surface area (Å²) in [6.07, 6.45) is 13.0. The molecule has 0 radical (unpaired) electrons. The quantitative estimate of drug-likeness (QED) is 0.385. The molecule has 37 heavy (non-hydrogen) atoms. The first-order valence-corrected chi connectivity index (χ1v) is 13.1. The number of amides is 2. The number of aryl methyl sites for hydroxylation is 3. The Bertz CT molecular complexity index is 1240. The van der Waals surface area contributed by atoms with Gasteiger partial charge < -0.3 is 15.2 Å². The van der Waals surface area contributed by atoms with Crippen molar-refractivity contribution in [3.8, 4) is 0 Å². The molecule has 0 unspecified atom stereocenters. The van der Waals surface area contributed by atoms with Crippen LogP contribution in [0.15, 0.2) is 47.7 Å². The highest BCUT2D eigenvalue weighted by molar-refractivity contribution is 5.91. The van der Waals surface area contributed by atoms with Crippen LogP contribution in [0.25, 0.3) is 0 Å². The maximum Gasteiger partial charge on any atom is 0.273 e. The van der Waals surface area contributed by atoms with E-state index in [4.69, 9.17) is 0 Å². The van der Waals surface area contributed by atoms with Gasteiger partial charge in [0.1, 0.15) is 0 Å². The van der Waals surface area contributed by atoms with Gasteiger partial charge in [-0.2, -0.15) is 0 Å². The number of hydrogen-bond acceptors (Lipinski definition) is 6. The molecule has 1 aliphatic rings. The molecule has 196 valence electrons. The van der Waals surface area contributed by atoms with Crippen molar-refractivity contribution < 1.29 is 9.59 Å². The van der Waals surface area contributed by atoms with Crippen LogP contribution in [-0.2, 0) is 24.4 Å². The summed E-state index contributed by atoms with van der Waals surface area (Å²) in [7, 11) is 0. The van der Waals surface area contributed by atoms with Crippen molar-refractivity contribution in [2.24, 2.45) is 5.92 Å². The van der Waals surface area contributed by atoms with Crippen LogP contribution < -0.4 is 16.2 Å². The second-order valence-electron chi connectivity index (χ2n) is 9.77. The number of nitrogens with zero attached hydrogens (tertiary/aromatic N) is 5. The number of hydrogen-bond donors (Lipinski definition) is 2. The van der Waals surface area contributed by atoms with E-state index in [1.54, 1.807) is 33.9 Å². The van der Waals surface area contributed by atoms with Gasteiger partial charge in [0.05, 0.1) is 6.20 Å². The maximum absolute atomic E-state index is 12.5. The molecule has 2 N–H and O–H groups in total. The summed E-state index contributed by atoms with van der Waals surface area (Å²) in [5.41, 5.74) is 2.51. The maximum atomic E-state index is 12.5. The number of aromatic nitrogens is 5. The number of rotatable bonds is 11. The lowest BCUT2D eigenvalue weighted by Crippen LogP contribution is -2.23. The zero-order valence-corrected chi connectivity index (χ0v) is 21.4. The van der Waals surface area contributed by atoms with Gasteiger partial charge in [0, 0.05) is 55.9 Å². The SMILES string of the molecule is Cc1ccc(CNC(=O)c2cn(CCCCn3ccc(NC(=O)CC4CCCCC4)cc3=O)nn2)cn1. The van der Waals surface area contributed by atoms with Gasteiger partial charge in [-0.15, -0.1) is 5.10 Å². The van der Waals surface area contributed by atoms with Gasteiger partial charge in [0.25, 0.3) is 11.5 Å². The van der Waals surface area contributed by atoms with Crippen molar-refractivity contribution in [3.05, 3.63) is 70.2 Å². The van der Waals surface area contributed by atoms with Crippen LogP contribution in [0, 0.1) is 12.8 Å². The van der Waals surface area contributed by atoms with Gasteiger partial charge in [0.15, 0.2) is 5.69 Å². The molecule has 0 bridgehead atoms. The first-order chi connectivity index (χ1) is 18.0. The number of unbranched alkanes of at least 4 members (excludes halogenated alkanes) is 1. The second kappa shape index (κ2) is 12.9. The Hall–Kier alpha value is -3.82. The van der Waals surface area contributed by atoms with E-state index in [0.29, 0.717) is 37.7 Å². The van der Waals surface area contributed by atoms with Crippen LogP contribution in [0.1, 0.15) is 73.1 Å². The van der Waals surface area contributed by atoms with E-state index in [9.17, 15) is 14.4 Å². The summed E-state index contributed by atoms with van der Waals surface area (Å²) in [4.78, 5) is 41.3. The lowest BCUT2D eigenvalue weighted by molar-refractivity contribution is -0.117. The molecule has 3 aromatic rings. The van der Waals surface area contributed by atoms with Crippen LogP contribution in [0.2, 0.25) is 0 Å². The highest BCUT2D eigenvalue weighted by atomic mass is 16.2. The molecule has 0 aromatic carbocycles. The van der Waals surface area contributed by atoms with Crippen molar-refractivity contribution >= 4 is 17.5 Å². The molecule has 1 fully saturated rings. The third-order valence-electron chi connectivity index (χ3n) is 6.71. The number of carbonyl (C=O) groups is 2. The molecule has 1 saturated carbocycles. The smallest absolute Gasteiger partial charge is 0.273 e. The summed E-state index contributed by atoms with van der Waals surface area (Å²) in [6, 6.07) is 7.08. The third kappa shape index (κ3) is 8.09. The molecule has 0 aliphatic heterocycles. The van der Waals surface area contributed by atoms with Crippen LogP contribution in [0.4, 0.5) is 5.69 Å². The van der Waals surface area contributed by atoms with Crippen molar-refractivity contribution in [2.45, 2.75) is 77.9 Å². The fraction of sp³-hybridized carbons (Fsp3) is 0.481. The lowest BCUT2D eigenvalue weighted by Gasteiger charge is -2.20. The van der Waals surface area contributed by atoms with E-state index in [-0.39, 0.29) is 23.1 Å². The molecule has 1 aliphatic carbocycles. The average Bonchev–Trinajstić information content (AvgIpc) is 3.37. The van der Waals surface area contributed by atoms with Crippen LogP contribution in [-0.4, -0.2) is 36.4 Å². The van der Waals surface area contributed by atoms with Crippen LogP contribution in [0.5, 0.6) is 0 Å². The Morgan fingerprint density at radius 3 is 2.65 bits per heavy atom. The molecule has 3 aromatic heterocycles. The Morgan fingerprint density at radius 1 is 1.08 bits per heavy atom. The molecular formula is C27H35N7O3. The van der Waals surface area contributed by atoms with Crippen molar-refractivity contribution in [1.82, 2.24) is 29.9 Å². The molecule has 10 nitrogen and oxygen atoms in total. The minimum atomic E-state index is -0.288. The van der Waals surface area contributed by atoms with Gasteiger partial charge in [-0.25, -0.2) is 0 Å². The van der Waals surface area contributed by atoms with E-state index >= 15 is 0 Å². The second-order valence-corrected chi connectivity index (χ2v) is 9.77. The summed E-state index contributed by atoms with van der Waals surface area (Å²) in [6.45, 7) is 3.43. The first kappa shape index (κ1) is 26.2. The molecule has 2 amide bonds. The van der Waals surface area contributed by atoms with Crippen molar-refractivity contribution in [3.63, 3.8) is 0 Å². The van der Waals surface area contributed by atoms with E-state index in [1.165, 1.54) is 25.3 Å². The van der Waals surface area contributed by atoms with Gasteiger partial charge in [0.2, 0.25) is 5.91 Å². The number of carbonyl (C=O) groups excluding carboxylic acids is 2. The van der Waals surface area contributed by atoms with Gasteiger partial charge in [-0.3, -0.25) is 24.0 Å². The van der Waals surface area contributed by atoms with Crippen LogP contribution in [0.3, 0.4) is 0 Å². The number of nitrogens with one attached hydrogen (secondary N) is 2. The average molecular weight is 506 g/mol. The van der Waals surface area contributed by atoms with Crippen molar-refractivity contribution in [2.75, 3.05) is 5.32 Å². The number of anilines is 1. The molecular weight excluding hydrogens is 470 g/mol. The zero-order valence-electron chi connectivity index (χ0n) is 21.4. The van der Waals surface area contributed by atoms with E-state index in [2.05, 4.69) is 25.9 Å². The predicted molar refractivity (Wildman–Crippen MR) is 140 cm³/mol. The van der Waals surface area contributed by atoms with Gasteiger partial charge in [-0.1, -0.05) is 30.5 Å². The monoisotopic (exact) mass is 505 g/mol. The standard InChI is InChI=1S/C27H35N7O3/c1-20-9-10-22(17-28-20)18-29-27(37)24-19-34(32-31-24)13-6-5-12-33-14-11-23(16-26(33)36)30-25(35)15-21-7-3-2-4-8-21/h9-11,14,16-17,19,21H,2-8,12-13,15,18H2,1H3,(H,29,37)(H,30,35). The molecule has 0 spiro atoms. The summed E-state index contributed by atoms with van der Waals surface area (Å²) < 4.78 is 3.27. The Labute approximate surface area is 216 Å². The Kier molecular flexibility index (Phi) is 9.18. The lowest BCUT2D eigenvalue weighted by atomic mass is 9.87. The predicted octanol–water partition coefficient (Wildman–Crippen LogP) is 3.46. The molecule has 4 rings (SSSR count). The van der Waals surface area contributed by atoms with Gasteiger partial charge >= 0.3 is 0 Å². The largest absolute Gasteiger partial charge is 0.346 e. The third-order valence-corrected chi connectivity index (χ3v) is 6.71. The van der Waals surface area contributed by atoms with Gasteiger partial charge in [-0.05, 0) is 56.2 Å². The fourth-order valence-electron chi connectivity index (χ4n) is 4.58. The topological polar surface area (TPSA) is 124 Å². The van der Waals surface area contributed by atoms with E-state index in [1.807, 2.05) is 19.1 Å². The molecule has 0 saturated heterocycles. The normalized spacial score (nSPS) is 13.9. The molecule has 0 atom stereocenters. The highest BCUT2D eigenvalue weighted by Crippen LogP contribution is 2.26. The summed E-state index contributed by atoms with van der Waals surface area (Å²) in [5.74, 6) is 0.155. The summed E-state index contributed by atoms with van der Waals surface area (Å²) >= 11 is 0. The molecule has 3 heterocycles. The first-order valence-electron chi connectivity index (χ1n) is 13.1. The van der Waals surface area contributed by atoms with Crippen LogP contribution >= 0.6 is 0 Å². The highest BCUT2D eigenvalue weighted by Gasteiger charge is 2.17. The van der Waals surface area contributed by atoms with E-state index < -0.39 is 0 Å².